The fourth-order valence-corrected chi connectivity index (χ4v) is 7.79. The Hall–Kier alpha value is -4.30. The van der Waals surface area contributed by atoms with E-state index in [0.717, 1.165) is 65.7 Å². The maximum absolute atomic E-state index is 13.7. The molecule has 14 nitrogen and oxygen atoms in total. The van der Waals surface area contributed by atoms with E-state index in [2.05, 4.69) is 19.2 Å². The molecule has 1 aliphatic heterocycles. The standard InChI is InChI=1S/C51H81NO13/c1-7-9-11-13-15-17-18-19-20-22-23-25-30-34-44(64-50(58)42-32-28-27-29-33-42)43(52-46(57)35-31-26-24-21-16-14-12-10-8-2)36-60-51-49(63-41(6)56)48(62-40(5)55)47(61-39(4)54)45(65-51)37-59-38(3)53/h27-30,32-34,43-45,47-49,51H,7-26,31,35-37H2,1-6H3,(H,52,57)/t43-,44+,45+,47+,48-,49+,51+/m0/s1. The van der Waals surface area contributed by atoms with Crippen molar-refractivity contribution < 1.29 is 61.9 Å². The molecular formula is C51H81NO13. The molecule has 0 spiro atoms. The molecule has 1 amide bonds. The summed E-state index contributed by atoms with van der Waals surface area (Å²) in [6.07, 6.45) is 19.7. The zero-order chi connectivity index (χ0) is 47.7. The van der Waals surface area contributed by atoms with Crippen molar-refractivity contribution in [3.63, 3.8) is 0 Å². The van der Waals surface area contributed by atoms with Crippen LogP contribution in [0.15, 0.2) is 42.5 Å². The highest BCUT2D eigenvalue weighted by atomic mass is 16.7. The van der Waals surface area contributed by atoms with Crippen LogP contribution in [-0.4, -0.2) is 91.8 Å². The van der Waals surface area contributed by atoms with Crippen LogP contribution in [0.1, 0.15) is 193 Å². The summed E-state index contributed by atoms with van der Waals surface area (Å²) in [6.45, 7) is 8.26. The average Bonchev–Trinajstić information content (AvgIpc) is 3.26. The predicted molar refractivity (Wildman–Crippen MR) is 248 cm³/mol. The fraction of sp³-hybridized carbons (Fsp3) is 0.725. The largest absolute Gasteiger partial charge is 0.463 e. The van der Waals surface area contributed by atoms with Crippen molar-refractivity contribution >= 4 is 35.8 Å². The van der Waals surface area contributed by atoms with Crippen molar-refractivity contribution in [2.45, 2.75) is 226 Å². The maximum atomic E-state index is 13.7. The van der Waals surface area contributed by atoms with Gasteiger partial charge in [0.25, 0.3) is 0 Å². The lowest BCUT2D eigenvalue weighted by Gasteiger charge is -2.44. The predicted octanol–water partition coefficient (Wildman–Crippen LogP) is 9.97. The van der Waals surface area contributed by atoms with Gasteiger partial charge in [-0.2, -0.15) is 0 Å². The zero-order valence-corrected chi connectivity index (χ0v) is 40.4. The van der Waals surface area contributed by atoms with Gasteiger partial charge in [0, 0.05) is 34.1 Å². The van der Waals surface area contributed by atoms with Gasteiger partial charge in [-0.25, -0.2) is 4.79 Å². The first-order chi connectivity index (χ1) is 31.4. The number of allylic oxidation sites excluding steroid dienone is 1. The minimum Gasteiger partial charge on any atom is -0.463 e. The first kappa shape index (κ1) is 56.8. The summed E-state index contributed by atoms with van der Waals surface area (Å²) in [5, 5.41) is 3.04. The highest BCUT2D eigenvalue weighted by Crippen LogP contribution is 2.30. The summed E-state index contributed by atoms with van der Waals surface area (Å²) >= 11 is 0. The molecule has 1 aromatic rings. The Morgan fingerprint density at radius 3 is 1.63 bits per heavy atom. The Morgan fingerprint density at radius 2 is 1.11 bits per heavy atom. The number of carbonyl (C=O) groups excluding carboxylic acids is 6. The molecule has 1 aromatic carbocycles. The second-order valence-electron chi connectivity index (χ2n) is 17.1. The summed E-state index contributed by atoms with van der Waals surface area (Å²) < 4.78 is 40.6. The monoisotopic (exact) mass is 916 g/mol. The highest BCUT2D eigenvalue weighted by Gasteiger charge is 2.53. The first-order valence-electron chi connectivity index (χ1n) is 24.5. The number of carbonyl (C=O) groups is 6. The topological polar surface area (TPSA) is 179 Å². The summed E-state index contributed by atoms with van der Waals surface area (Å²) in [5.41, 5.74) is 0.316. The van der Waals surface area contributed by atoms with Gasteiger partial charge in [-0.1, -0.05) is 154 Å². The fourth-order valence-electron chi connectivity index (χ4n) is 7.79. The van der Waals surface area contributed by atoms with Crippen molar-refractivity contribution in [3.8, 4) is 0 Å². The van der Waals surface area contributed by atoms with E-state index in [1.165, 1.54) is 90.4 Å². The van der Waals surface area contributed by atoms with Crippen LogP contribution >= 0.6 is 0 Å². The molecule has 2 rings (SSSR count). The van der Waals surface area contributed by atoms with E-state index in [1.807, 2.05) is 6.08 Å². The van der Waals surface area contributed by atoms with Gasteiger partial charge in [0.15, 0.2) is 24.6 Å². The van der Waals surface area contributed by atoms with Crippen LogP contribution in [0.5, 0.6) is 0 Å². The van der Waals surface area contributed by atoms with Crippen LogP contribution < -0.4 is 5.32 Å². The maximum Gasteiger partial charge on any atom is 0.338 e. The molecule has 0 radical (unpaired) electrons. The van der Waals surface area contributed by atoms with Crippen LogP contribution in [0.4, 0.5) is 0 Å². The van der Waals surface area contributed by atoms with E-state index in [9.17, 15) is 28.8 Å². The summed E-state index contributed by atoms with van der Waals surface area (Å²) in [7, 11) is 0. The van der Waals surface area contributed by atoms with E-state index < -0.39 is 79.3 Å². The number of esters is 5. The minimum absolute atomic E-state index is 0.229. The molecule has 7 atom stereocenters. The lowest BCUT2D eigenvalue weighted by Crippen LogP contribution is -2.63. The van der Waals surface area contributed by atoms with Gasteiger partial charge in [0.2, 0.25) is 5.91 Å². The summed E-state index contributed by atoms with van der Waals surface area (Å²) in [5.74, 6) is -3.87. The van der Waals surface area contributed by atoms with Crippen LogP contribution in [0.2, 0.25) is 0 Å². The normalized spacial score (nSPS) is 19.2. The quantitative estimate of drug-likeness (QED) is 0.0295. The molecule has 1 N–H and O–H groups in total. The molecule has 1 saturated heterocycles. The summed E-state index contributed by atoms with van der Waals surface area (Å²) in [6, 6.07) is 7.55. The Bertz CT molecular complexity index is 1530. The minimum atomic E-state index is -1.50. The molecule has 1 heterocycles. The smallest absolute Gasteiger partial charge is 0.338 e. The third kappa shape index (κ3) is 25.8. The molecule has 368 valence electrons. The van der Waals surface area contributed by atoms with Gasteiger partial charge in [-0.05, 0) is 37.5 Å². The second-order valence-corrected chi connectivity index (χ2v) is 17.1. The number of nitrogens with one attached hydrogen (secondary N) is 1. The van der Waals surface area contributed by atoms with Gasteiger partial charge in [0.1, 0.15) is 18.8 Å². The van der Waals surface area contributed by atoms with E-state index in [1.54, 1.807) is 36.4 Å². The van der Waals surface area contributed by atoms with E-state index in [0.29, 0.717) is 12.0 Å². The SMILES string of the molecule is CCCCCCCCCCCCCC=C[C@@H](OC(=O)c1ccccc1)[C@H](CO[C@@H]1O[C@H](COC(C)=O)[C@@H](OC(C)=O)[C@H](OC(C)=O)[C@H]1OC(C)=O)NC(=O)CCCCCCCCCCC. The van der Waals surface area contributed by atoms with E-state index in [4.69, 9.17) is 33.2 Å². The number of hydrogen-bond donors (Lipinski definition) is 1. The number of amides is 1. The Kier molecular flexibility index (Phi) is 30.6. The molecule has 0 bridgehead atoms. The van der Waals surface area contributed by atoms with E-state index >= 15 is 0 Å². The van der Waals surface area contributed by atoms with Crippen LogP contribution in [0.3, 0.4) is 0 Å². The molecule has 14 heteroatoms. The van der Waals surface area contributed by atoms with Gasteiger partial charge < -0.3 is 38.5 Å². The van der Waals surface area contributed by atoms with Crippen LogP contribution in [0, 0.1) is 0 Å². The molecule has 65 heavy (non-hydrogen) atoms. The third-order valence-corrected chi connectivity index (χ3v) is 11.2. The molecule has 0 aromatic heterocycles. The third-order valence-electron chi connectivity index (χ3n) is 11.2. The van der Waals surface area contributed by atoms with E-state index in [-0.39, 0.29) is 18.9 Å². The number of unbranched alkanes of at least 4 members (excludes halogenated alkanes) is 19. The molecule has 1 aliphatic rings. The molecule has 0 saturated carbocycles. The van der Waals surface area contributed by atoms with Crippen molar-refractivity contribution in [3.05, 3.63) is 48.0 Å². The van der Waals surface area contributed by atoms with Gasteiger partial charge in [-0.3, -0.25) is 24.0 Å². The Balaban J connectivity index is 2.38. The average molecular weight is 916 g/mol. The lowest BCUT2D eigenvalue weighted by molar-refractivity contribution is -0.309. The highest BCUT2D eigenvalue weighted by molar-refractivity contribution is 5.89. The van der Waals surface area contributed by atoms with Crippen molar-refractivity contribution in [2.75, 3.05) is 13.2 Å². The number of benzene rings is 1. The molecule has 0 unspecified atom stereocenters. The van der Waals surface area contributed by atoms with Crippen LogP contribution in [0.25, 0.3) is 0 Å². The number of ether oxygens (including phenoxy) is 7. The Morgan fingerprint density at radius 1 is 0.615 bits per heavy atom. The lowest BCUT2D eigenvalue weighted by atomic mass is 9.98. The van der Waals surface area contributed by atoms with Gasteiger partial charge in [-0.15, -0.1) is 0 Å². The van der Waals surface area contributed by atoms with Crippen LogP contribution in [-0.2, 0) is 57.1 Å². The van der Waals surface area contributed by atoms with Crippen molar-refractivity contribution in [2.24, 2.45) is 0 Å². The molecule has 0 aliphatic carbocycles. The second kappa shape index (κ2) is 35.0. The Labute approximate surface area is 388 Å². The van der Waals surface area contributed by atoms with Crippen molar-refractivity contribution in [1.82, 2.24) is 5.32 Å². The van der Waals surface area contributed by atoms with Gasteiger partial charge in [0.05, 0.1) is 18.2 Å². The number of hydrogen-bond acceptors (Lipinski definition) is 13. The summed E-state index contributed by atoms with van der Waals surface area (Å²) in [4.78, 5) is 76.5. The van der Waals surface area contributed by atoms with Gasteiger partial charge >= 0.3 is 29.8 Å². The zero-order valence-electron chi connectivity index (χ0n) is 40.4. The van der Waals surface area contributed by atoms with Crippen molar-refractivity contribution in [1.29, 1.82) is 0 Å². The number of rotatable bonds is 35. The first-order valence-corrected chi connectivity index (χ1v) is 24.5. The molecular weight excluding hydrogens is 835 g/mol. The molecule has 1 fully saturated rings.